The number of carbonyl (C=O) groups is 1. The number of aryl methyl sites for hydroxylation is 1. The summed E-state index contributed by atoms with van der Waals surface area (Å²) >= 11 is 15.2. The molecule has 0 aliphatic carbocycles. The fraction of sp³-hybridized carbons (Fsp3) is 0.176. The number of hydrogen-bond acceptors (Lipinski definition) is 3. The van der Waals surface area contributed by atoms with E-state index in [1.807, 2.05) is 6.07 Å². The third-order valence-electron chi connectivity index (χ3n) is 3.47. The van der Waals surface area contributed by atoms with E-state index in [1.165, 1.54) is 35.2 Å². The summed E-state index contributed by atoms with van der Waals surface area (Å²) in [5.41, 5.74) is 0.770. The van der Waals surface area contributed by atoms with Crippen molar-refractivity contribution in [2.45, 2.75) is 11.3 Å². The Hall–Kier alpha value is -1.34. The number of fused-ring (bicyclic) bond motifs is 1. The molecule has 1 aromatic heterocycles. The monoisotopic (exact) mass is 414 g/mol. The van der Waals surface area contributed by atoms with Gasteiger partial charge in [-0.3, -0.25) is 4.79 Å². The molecule has 2 aromatic carbocycles. The minimum absolute atomic E-state index is 0.209. The summed E-state index contributed by atoms with van der Waals surface area (Å²) in [6.07, 6.45) is 0.296. The van der Waals surface area contributed by atoms with Crippen molar-refractivity contribution in [1.29, 1.82) is 0 Å². The lowest BCUT2D eigenvalue weighted by atomic mass is 10.3. The molecule has 0 aliphatic rings. The van der Waals surface area contributed by atoms with E-state index in [-0.39, 0.29) is 11.7 Å². The van der Waals surface area contributed by atoms with Crippen LogP contribution >= 0.6 is 46.3 Å². The van der Waals surface area contributed by atoms with Crippen LogP contribution in [0.5, 0.6) is 0 Å². The van der Waals surface area contributed by atoms with Gasteiger partial charge >= 0.3 is 0 Å². The van der Waals surface area contributed by atoms with E-state index < -0.39 is 0 Å². The zero-order valence-electron chi connectivity index (χ0n) is 13.1. The summed E-state index contributed by atoms with van der Waals surface area (Å²) in [6.45, 7) is 0. The minimum Gasteiger partial charge on any atom is -0.318 e. The van der Waals surface area contributed by atoms with Crippen molar-refractivity contribution in [3.8, 4) is 0 Å². The molecule has 1 heterocycles. The van der Waals surface area contributed by atoms with Gasteiger partial charge in [-0.1, -0.05) is 34.5 Å². The number of thiazole rings is 1. The van der Waals surface area contributed by atoms with Crippen LogP contribution in [0.2, 0.25) is 10.0 Å². The van der Waals surface area contributed by atoms with Crippen LogP contribution in [0.25, 0.3) is 10.2 Å². The molecule has 3 rings (SSSR count). The predicted octanol–water partition coefficient (Wildman–Crippen LogP) is 5.30. The van der Waals surface area contributed by atoms with Crippen LogP contribution in [-0.2, 0) is 11.8 Å². The molecule has 0 unspecified atom stereocenters. The van der Waals surface area contributed by atoms with Gasteiger partial charge in [-0.05, 0) is 36.4 Å². The van der Waals surface area contributed by atoms with Crippen LogP contribution in [0.3, 0.4) is 0 Å². The van der Waals surface area contributed by atoms with Gasteiger partial charge in [0.25, 0.3) is 0 Å². The lowest BCUT2D eigenvalue weighted by Crippen LogP contribution is -2.13. The summed E-state index contributed by atoms with van der Waals surface area (Å²) in [4.78, 5) is 17.8. The fourth-order valence-electron chi connectivity index (χ4n) is 2.23. The van der Waals surface area contributed by atoms with Crippen molar-refractivity contribution < 1.29 is 9.18 Å². The van der Waals surface area contributed by atoms with Crippen molar-refractivity contribution in [1.82, 2.24) is 4.57 Å². The molecule has 0 fully saturated rings. The second-order valence-corrected chi connectivity index (χ2v) is 8.17. The average molecular weight is 415 g/mol. The smallest absolute Gasteiger partial charge is 0.249 e. The highest BCUT2D eigenvalue weighted by molar-refractivity contribution is 7.99. The molecule has 25 heavy (non-hydrogen) atoms. The van der Waals surface area contributed by atoms with Crippen LogP contribution in [0.1, 0.15) is 6.42 Å². The number of benzene rings is 2. The van der Waals surface area contributed by atoms with Crippen molar-refractivity contribution in [3.63, 3.8) is 0 Å². The number of hydrogen-bond donors (Lipinski definition) is 0. The third kappa shape index (κ3) is 4.26. The van der Waals surface area contributed by atoms with Gasteiger partial charge in [0.2, 0.25) is 5.91 Å². The quantitative estimate of drug-likeness (QED) is 0.543. The van der Waals surface area contributed by atoms with E-state index in [9.17, 15) is 9.18 Å². The van der Waals surface area contributed by atoms with E-state index in [0.29, 0.717) is 27.0 Å². The van der Waals surface area contributed by atoms with Gasteiger partial charge in [-0.15, -0.1) is 11.8 Å². The molecular weight excluding hydrogens is 402 g/mol. The molecule has 0 N–H and O–H groups in total. The zero-order valence-corrected chi connectivity index (χ0v) is 16.3. The van der Waals surface area contributed by atoms with Crippen LogP contribution in [0.15, 0.2) is 46.3 Å². The molecule has 3 aromatic rings. The van der Waals surface area contributed by atoms with E-state index in [1.54, 1.807) is 29.8 Å². The molecule has 0 atom stereocenters. The lowest BCUT2D eigenvalue weighted by molar-refractivity contribution is -0.117. The summed E-state index contributed by atoms with van der Waals surface area (Å²) in [7, 11) is 1.81. The summed E-state index contributed by atoms with van der Waals surface area (Å²) in [5, 5.41) is 0.926. The van der Waals surface area contributed by atoms with Gasteiger partial charge in [0.1, 0.15) is 5.82 Å². The Morgan fingerprint density at radius 1 is 1.24 bits per heavy atom. The van der Waals surface area contributed by atoms with Gasteiger partial charge in [-0.25, -0.2) is 4.39 Å². The standard InChI is InChI=1S/C17H13Cl2FN2OS2/c1-22-16-13(7-6-12(18)15(16)19)25-17(22)21-14(23)8-9-24-11-4-2-10(20)3-5-11/h2-7H,8-9H2,1H3. The minimum atomic E-state index is -0.272. The number of aromatic nitrogens is 1. The van der Waals surface area contributed by atoms with Crippen LogP contribution < -0.4 is 4.80 Å². The number of carbonyl (C=O) groups excluding carboxylic acids is 1. The second kappa shape index (κ2) is 7.91. The Bertz CT molecular complexity index is 996. The van der Waals surface area contributed by atoms with E-state index >= 15 is 0 Å². The highest BCUT2D eigenvalue weighted by Crippen LogP contribution is 2.31. The maximum Gasteiger partial charge on any atom is 0.249 e. The molecular formula is C17H13Cl2FN2OS2. The van der Waals surface area contributed by atoms with Crippen molar-refractivity contribution in [2.75, 3.05) is 5.75 Å². The maximum absolute atomic E-state index is 12.9. The molecule has 0 radical (unpaired) electrons. The van der Waals surface area contributed by atoms with Gasteiger partial charge in [0, 0.05) is 24.1 Å². The Morgan fingerprint density at radius 3 is 2.68 bits per heavy atom. The molecule has 0 saturated carbocycles. The largest absolute Gasteiger partial charge is 0.318 e. The predicted molar refractivity (Wildman–Crippen MR) is 103 cm³/mol. The maximum atomic E-state index is 12.9. The fourth-order valence-corrected chi connectivity index (χ4v) is 4.61. The second-order valence-electron chi connectivity index (χ2n) is 5.21. The summed E-state index contributed by atoms with van der Waals surface area (Å²) < 4.78 is 15.6. The van der Waals surface area contributed by atoms with E-state index in [4.69, 9.17) is 23.2 Å². The topological polar surface area (TPSA) is 34.4 Å². The number of thioether (sulfide) groups is 1. The van der Waals surface area contributed by atoms with Gasteiger partial charge in [0.15, 0.2) is 4.80 Å². The molecule has 8 heteroatoms. The highest BCUT2D eigenvalue weighted by atomic mass is 35.5. The van der Waals surface area contributed by atoms with Crippen LogP contribution in [0.4, 0.5) is 4.39 Å². The normalized spacial score (nSPS) is 12.1. The first kappa shape index (κ1) is 18.5. The summed E-state index contributed by atoms with van der Waals surface area (Å²) in [6, 6.07) is 9.79. The third-order valence-corrected chi connectivity index (χ3v) is 6.38. The Balaban J connectivity index is 1.73. The molecule has 130 valence electrons. The lowest BCUT2D eigenvalue weighted by Gasteiger charge is -2.00. The molecule has 1 amide bonds. The van der Waals surface area contributed by atoms with Gasteiger partial charge in [0.05, 0.1) is 20.3 Å². The zero-order chi connectivity index (χ0) is 18.0. The van der Waals surface area contributed by atoms with Gasteiger partial charge in [-0.2, -0.15) is 4.99 Å². The first-order valence-electron chi connectivity index (χ1n) is 7.35. The van der Waals surface area contributed by atoms with Crippen molar-refractivity contribution in [3.05, 3.63) is 57.1 Å². The first-order valence-corrected chi connectivity index (χ1v) is 9.91. The Kier molecular flexibility index (Phi) is 5.84. The Labute approximate surface area is 162 Å². The molecule has 0 spiro atoms. The number of nitrogens with zero attached hydrogens (tertiary/aromatic N) is 2. The van der Waals surface area contributed by atoms with E-state index in [2.05, 4.69) is 4.99 Å². The SMILES string of the molecule is Cn1c(=NC(=O)CCSc2ccc(F)cc2)sc2ccc(Cl)c(Cl)c21. The molecule has 0 aliphatic heterocycles. The molecule has 3 nitrogen and oxygen atoms in total. The van der Waals surface area contributed by atoms with E-state index in [0.717, 1.165) is 15.1 Å². The number of amides is 1. The van der Waals surface area contributed by atoms with Crippen molar-refractivity contribution >= 4 is 62.4 Å². The Morgan fingerprint density at radius 2 is 1.96 bits per heavy atom. The molecule has 0 saturated heterocycles. The molecule has 0 bridgehead atoms. The number of rotatable bonds is 4. The average Bonchev–Trinajstić information content (AvgIpc) is 2.89. The van der Waals surface area contributed by atoms with Gasteiger partial charge < -0.3 is 4.57 Å². The summed E-state index contributed by atoms with van der Waals surface area (Å²) in [5.74, 6) is 0.0975. The number of halogens is 3. The van der Waals surface area contributed by atoms with Crippen LogP contribution in [0, 0.1) is 5.82 Å². The first-order chi connectivity index (χ1) is 12.0. The van der Waals surface area contributed by atoms with Crippen molar-refractivity contribution in [2.24, 2.45) is 12.0 Å². The van der Waals surface area contributed by atoms with Crippen LogP contribution in [-0.4, -0.2) is 16.2 Å². The highest BCUT2D eigenvalue weighted by Gasteiger charge is 2.11.